The number of aromatic nitrogens is 1. The molecular formula is C17H19F2N3O3. The predicted octanol–water partition coefficient (Wildman–Crippen LogP) is 2.09. The first kappa shape index (κ1) is 17.5. The van der Waals surface area contributed by atoms with Crippen LogP contribution < -0.4 is 5.73 Å². The van der Waals surface area contributed by atoms with E-state index in [2.05, 4.69) is 4.98 Å². The zero-order valence-corrected chi connectivity index (χ0v) is 13.8. The molecule has 1 saturated heterocycles. The van der Waals surface area contributed by atoms with Crippen LogP contribution in [-0.2, 0) is 16.1 Å². The first-order valence-electron chi connectivity index (χ1n) is 7.90. The van der Waals surface area contributed by atoms with E-state index in [1.54, 1.807) is 0 Å². The summed E-state index contributed by atoms with van der Waals surface area (Å²) < 4.78 is 38.1. The first-order chi connectivity index (χ1) is 12.0. The van der Waals surface area contributed by atoms with Gasteiger partial charge in [0.15, 0.2) is 0 Å². The Morgan fingerprint density at radius 1 is 1.44 bits per heavy atom. The monoisotopic (exact) mass is 351 g/mol. The van der Waals surface area contributed by atoms with Gasteiger partial charge in [-0.2, -0.15) is 0 Å². The van der Waals surface area contributed by atoms with Crippen molar-refractivity contribution in [2.45, 2.75) is 24.9 Å². The minimum atomic E-state index is -0.906. The number of oxazole rings is 1. The molecule has 2 N–H and O–H groups in total. The first-order valence-corrected chi connectivity index (χ1v) is 7.90. The van der Waals surface area contributed by atoms with Crippen molar-refractivity contribution >= 4 is 5.91 Å². The summed E-state index contributed by atoms with van der Waals surface area (Å²) in [5, 5.41) is 0. The number of carbonyl (C=O) groups is 1. The predicted molar refractivity (Wildman–Crippen MR) is 85.3 cm³/mol. The number of benzene rings is 1. The molecule has 1 aromatic heterocycles. The molecule has 25 heavy (non-hydrogen) atoms. The summed E-state index contributed by atoms with van der Waals surface area (Å²) in [5.41, 5.74) is 4.84. The molecule has 2 aromatic rings. The summed E-state index contributed by atoms with van der Waals surface area (Å²) in [5.74, 6) is -2.10. The van der Waals surface area contributed by atoms with Gasteiger partial charge in [0, 0.05) is 13.7 Å². The quantitative estimate of drug-likeness (QED) is 0.862. The van der Waals surface area contributed by atoms with Crippen molar-refractivity contribution in [3.8, 4) is 11.5 Å². The average molecular weight is 351 g/mol. The van der Waals surface area contributed by atoms with Gasteiger partial charge in [-0.3, -0.25) is 9.69 Å². The van der Waals surface area contributed by atoms with Crippen molar-refractivity contribution < 1.29 is 22.7 Å². The van der Waals surface area contributed by atoms with Gasteiger partial charge in [-0.05, 0) is 31.5 Å². The maximum atomic E-state index is 13.9. The molecule has 0 aliphatic carbocycles. The molecule has 1 aliphatic heterocycles. The zero-order valence-electron chi connectivity index (χ0n) is 13.8. The summed E-state index contributed by atoms with van der Waals surface area (Å²) in [6.07, 6.45) is 2.71. The molecule has 2 heterocycles. The molecule has 3 rings (SSSR count). The maximum Gasteiger partial charge on any atom is 0.240 e. The normalized spacial score (nSPS) is 20.9. The van der Waals surface area contributed by atoms with Crippen LogP contribution in [-0.4, -0.2) is 41.6 Å². The molecule has 0 spiro atoms. The van der Waals surface area contributed by atoms with E-state index in [9.17, 15) is 13.6 Å². The summed E-state index contributed by atoms with van der Waals surface area (Å²) in [7, 11) is 1.51. The van der Waals surface area contributed by atoms with E-state index >= 15 is 0 Å². The topological polar surface area (TPSA) is 81.6 Å². The molecule has 0 radical (unpaired) electrons. The third kappa shape index (κ3) is 3.14. The van der Waals surface area contributed by atoms with Crippen LogP contribution in [0.15, 0.2) is 28.9 Å². The van der Waals surface area contributed by atoms with Crippen LogP contribution in [0.5, 0.6) is 0 Å². The van der Waals surface area contributed by atoms with Crippen LogP contribution in [0, 0.1) is 11.6 Å². The molecule has 0 bridgehead atoms. The summed E-state index contributed by atoms with van der Waals surface area (Å²) in [6, 6.07) is 3.55. The number of hydrogen-bond acceptors (Lipinski definition) is 5. The minimum absolute atomic E-state index is 0.138. The Bertz CT molecular complexity index is 760. The lowest BCUT2D eigenvalue weighted by Gasteiger charge is -2.34. The van der Waals surface area contributed by atoms with Crippen molar-refractivity contribution in [2.24, 2.45) is 5.73 Å². The number of ether oxygens (including phenoxy) is 1. The highest BCUT2D eigenvalue weighted by atomic mass is 19.1. The smallest absolute Gasteiger partial charge is 0.240 e. The van der Waals surface area contributed by atoms with Crippen molar-refractivity contribution in [1.29, 1.82) is 0 Å². The van der Waals surface area contributed by atoms with Crippen LogP contribution in [0.3, 0.4) is 0 Å². The van der Waals surface area contributed by atoms with E-state index in [0.29, 0.717) is 18.7 Å². The van der Waals surface area contributed by atoms with Crippen molar-refractivity contribution in [3.05, 3.63) is 41.8 Å². The molecule has 1 aliphatic rings. The highest BCUT2D eigenvalue weighted by molar-refractivity contribution is 5.85. The molecule has 134 valence electrons. The largest absolute Gasteiger partial charge is 0.444 e. The summed E-state index contributed by atoms with van der Waals surface area (Å²) >= 11 is 0. The van der Waals surface area contributed by atoms with Gasteiger partial charge in [-0.15, -0.1) is 0 Å². The molecule has 1 amide bonds. The Kier molecular flexibility index (Phi) is 4.82. The lowest BCUT2D eigenvalue weighted by atomic mass is 9.96. The van der Waals surface area contributed by atoms with E-state index in [1.165, 1.54) is 19.4 Å². The number of methoxy groups -OCH3 is 1. The number of rotatable bonds is 6. The standard InChI is InChI=1S/C17H19F2N3O3/c1-24-10-17(16(20)23)6-3-7-22(17)8-11-9-25-15(21-11)14-12(18)4-2-5-13(14)19/h2,4-5,9H,3,6-8,10H2,1H3,(H2,20,23). The van der Waals surface area contributed by atoms with Crippen molar-refractivity contribution in [1.82, 2.24) is 9.88 Å². The van der Waals surface area contributed by atoms with Crippen molar-refractivity contribution in [3.63, 3.8) is 0 Å². The average Bonchev–Trinajstić information content (AvgIpc) is 3.17. The minimum Gasteiger partial charge on any atom is -0.444 e. The van der Waals surface area contributed by atoms with Gasteiger partial charge >= 0.3 is 0 Å². The molecule has 1 aromatic carbocycles. The SMILES string of the molecule is COCC1(C(N)=O)CCCN1Cc1coc(-c2c(F)cccc2F)n1. The number of halogens is 2. The van der Waals surface area contributed by atoms with Gasteiger partial charge in [0.1, 0.15) is 29.0 Å². The Hall–Kier alpha value is -2.32. The fourth-order valence-corrected chi connectivity index (χ4v) is 3.31. The number of nitrogens with two attached hydrogens (primary N) is 1. The highest BCUT2D eigenvalue weighted by Gasteiger charge is 2.46. The Labute approximate surface area is 143 Å². The number of primary amides is 1. The molecular weight excluding hydrogens is 332 g/mol. The number of likely N-dealkylation sites (tertiary alicyclic amines) is 1. The van der Waals surface area contributed by atoms with Crippen LogP contribution in [0.4, 0.5) is 8.78 Å². The number of amides is 1. The van der Waals surface area contributed by atoms with Crippen LogP contribution in [0.1, 0.15) is 18.5 Å². The van der Waals surface area contributed by atoms with Gasteiger partial charge in [0.25, 0.3) is 0 Å². The van der Waals surface area contributed by atoms with E-state index < -0.39 is 23.1 Å². The van der Waals surface area contributed by atoms with E-state index in [4.69, 9.17) is 14.9 Å². The lowest BCUT2D eigenvalue weighted by molar-refractivity contribution is -0.132. The van der Waals surface area contributed by atoms with Crippen LogP contribution in [0.2, 0.25) is 0 Å². The van der Waals surface area contributed by atoms with Crippen LogP contribution >= 0.6 is 0 Å². The van der Waals surface area contributed by atoms with Crippen LogP contribution in [0.25, 0.3) is 11.5 Å². The van der Waals surface area contributed by atoms with Gasteiger partial charge in [-0.1, -0.05) is 6.07 Å². The molecule has 1 unspecified atom stereocenters. The highest BCUT2D eigenvalue weighted by Crippen LogP contribution is 2.32. The second kappa shape index (κ2) is 6.89. The molecule has 6 nitrogen and oxygen atoms in total. The fourth-order valence-electron chi connectivity index (χ4n) is 3.31. The van der Waals surface area contributed by atoms with Gasteiger partial charge in [0.2, 0.25) is 11.8 Å². The van der Waals surface area contributed by atoms with Gasteiger partial charge in [0.05, 0.1) is 12.3 Å². The third-order valence-electron chi connectivity index (χ3n) is 4.55. The lowest BCUT2D eigenvalue weighted by Crippen LogP contribution is -2.56. The van der Waals surface area contributed by atoms with E-state index in [-0.39, 0.29) is 24.6 Å². The summed E-state index contributed by atoms with van der Waals surface area (Å²) in [4.78, 5) is 18.0. The Balaban J connectivity index is 1.85. The number of hydrogen-bond donors (Lipinski definition) is 1. The Morgan fingerprint density at radius 2 is 2.16 bits per heavy atom. The molecule has 1 atom stereocenters. The van der Waals surface area contributed by atoms with Gasteiger partial charge in [-0.25, -0.2) is 13.8 Å². The summed E-state index contributed by atoms with van der Waals surface area (Å²) in [6.45, 7) is 1.09. The van der Waals surface area contributed by atoms with Gasteiger partial charge < -0.3 is 14.9 Å². The second-order valence-electron chi connectivity index (χ2n) is 6.09. The number of nitrogens with zero attached hydrogens (tertiary/aromatic N) is 2. The van der Waals surface area contributed by atoms with E-state index in [0.717, 1.165) is 18.6 Å². The third-order valence-corrected chi connectivity index (χ3v) is 4.55. The Morgan fingerprint density at radius 3 is 2.80 bits per heavy atom. The molecule has 1 fully saturated rings. The van der Waals surface area contributed by atoms with Crippen molar-refractivity contribution in [2.75, 3.05) is 20.3 Å². The second-order valence-corrected chi connectivity index (χ2v) is 6.09. The zero-order chi connectivity index (χ0) is 18.0. The molecule has 8 heteroatoms. The maximum absolute atomic E-state index is 13.9. The van der Waals surface area contributed by atoms with E-state index in [1.807, 2.05) is 4.90 Å². The number of carbonyl (C=O) groups excluding carboxylic acids is 1. The molecule has 0 saturated carbocycles. The fraction of sp³-hybridized carbons (Fsp3) is 0.412.